The molecule has 0 radical (unpaired) electrons. The van der Waals surface area contributed by atoms with E-state index in [1.807, 2.05) is 24.3 Å². The molecule has 0 aliphatic rings. The summed E-state index contributed by atoms with van der Waals surface area (Å²) in [5, 5.41) is 9.79. The zero-order chi connectivity index (χ0) is 12.0. The molecule has 4 heteroatoms. The number of rotatable bonds is 6. The number of halogens is 2. The summed E-state index contributed by atoms with van der Waals surface area (Å²) in [4.78, 5) is 0. The molecular formula is C12H16BrClO2. The Morgan fingerprint density at radius 1 is 1.38 bits per heavy atom. The average molecular weight is 308 g/mol. The molecule has 0 aliphatic carbocycles. The first-order chi connectivity index (χ1) is 7.69. The van der Waals surface area contributed by atoms with Gasteiger partial charge in [-0.2, -0.15) is 0 Å². The van der Waals surface area contributed by atoms with E-state index >= 15 is 0 Å². The molecule has 0 saturated heterocycles. The summed E-state index contributed by atoms with van der Waals surface area (Å²) in [7, 11) is 1.51. The van der Waals surface area contributed by atoms with E-state index in [1.54, 1.807) is 0 Å². The summed E-state index contributed by atoms with van der Waals surface area (Å²) in [5.41, 5.74) is 1.07. The molecule has 0 heterocycles. The fourth-order valence-corrected chi connectivity index (χ4v) is 2.06. The van der Waals surface area contributed by atoms with Crippen molar-refractivity contribution in [1.29, 1.82) is 0 Å². The number of benzene rings is 1. The largest absolute Gasteiger partial charge is 0.367 e. The number of hydrogen-bond donors (Lipinski definition) is 1. The van der Waals surface area contributed by atoms with E-state index in [0.29, 0.717) is 5.88 Å². The maximum atomic E-state index is 9.79. The minimum absolute atomic E-state index is 0.0168. The van der Waals surface area contributed by atoms with Crippen LogP contribution in [0.2, 0.25) is 0 Å². The predicted octanol–water partition coefficient (Wildman–Crippen LogP) is 3.52. The van der Waals surface area contributed by atoms with Crippen molar-refractivity contribution in [3.05, 3.63) is 34.3 Å². The van der Waals surface area contributed by atoms with E-state index in [9.17, 15) is 5.11 Å². The number of hydrogen-bond acceptors (Lipinski definition) is 2. The van der Waals surface area contributed by atoms with Gasteiger partial charge in [0.15, 0.2) is 6.29 Å². The molecular weight excluding hydrogens is 291 g/mol. The van der Waals surface area contributed by atoms with Gasteiger partial charge >= 0.3 is 0 Å². The molecule has 1 aromatic carbocycles. The third-order valence-corrected chi connectivity index (χ3v) is 3.33. The lowest BCUT2D eigenvalue weighted by Crippen LogP contribution is -2.20. The van der Waals surface area contributed by atoms with Gasteiger partial charge in [0.1, 0.15) is 0 Å². The quantitative estimate of drug-likeness (QED) is 0.644. The van der Waals surface area contributed by atoms with Crippen molar-refractivity contribution in [2.45, 2.75) is 25.0 Å². The third-order valence-electron chi connectivity index (χ3n) is 2.53. The van der Waals surface area contributed by atoms with Crippen molar-refractivity contribution in [1.82, 2.24) is 0 Å². The highest BCUT2D eigenvalue weighted by atomic mass is 79.9. The van der Waals surface area contributed by atoms with E-state index in [0.717, 1.165) is 22.9 Å². The summed E-state index contributed by atoms with van der Waals surface area (Å²) in [6.45, 7) is 0. The fraction of sp³-hybridized carbons (Fsp3) is 0.500. The van der Waals surface area contributed by atoms with Crippen LogP contribution in [0.15, 0.2) is 28.7 Å². The Kier molecular flexibility index (Phi) is 6.36. The SMILES string of the molecule is COC(O)C(CCCCl)c1ccc(Br)cc1. The van der Waals surface area contributed by atoms with E-state index in [4.69, 9.17) is 16.3 Å². The summed E-state index contributed by atoms with van der Waals surface area (Å²) >= 11 is 9.06. The monoisotopic (exact) mass is 306 g/mol. The Labute approximate surface area is 110 Å². The molecule has 2 atom stereocenters. The lowest BCUT2D eigenvalue weighted by Gasteiger charge is -2.21. The summed E-state index contributed by atoms with van der Waals surface area (Å²) in [6.07, 6.45) is 0.910. The van der Waals surface area contributed by atoms with Crippen LogP contribution in [0.3, 0.4) is 0 Å². The van der Waals surface area contributed by atoms with Crippen molar-refractivity contribution >= 4 is 27.5 Å². The molecule has 2 unspecified atom stereocenters. The molecule has 0 aromatic heterocycles. The first-order valence-electron chi connectivity index (χ1n) is 5.21. The lowest BCUT2D eigenvalue weighted by atomic mass is 9.94. The highest BCUT2D eigenvalue weighted by Crippen LogP contribution is 2.27. The molecule has 0 aliphatic heterocycles. The lowest BCUT2D eigenvalue weighted by molar-refractivity contribution is -0.0930. The minimum Gasteiger partial charge on any atom is -0.367 e. The van der Waals surface area contributed by atoms with Crippen LogP contribution in [0.1, 0.15) is 24.3 Å². The van der Waals surface area contributed by atoms with Crippen molar-refractivity contribution in [3.63, 3.8) is 0 Å². The highest BCUT2D eigenvalue weighted by molar-refractivity contribution is 9.10. The molecule has 0 spiro atoms. The van der Waals surface area contributed by atoms with Crippen LogP contribution in [0, 0.1) is 0 Å². The molecule has 0 saturated carbocycles. The van der Waals surface area contributed by atoms with Crippen LogP contribution in [0.4, 0.5) is 0 Å². The van der Waals surface area contributed by atoms with Crippen LogP contribution in [-0.4, -0.2) is 24.4 Å². The number of ether oxygens (including phenoxy) is 1. The maximum absolute atomic E-state index is 9.79. The van der Waals surface area contributed by atoms with E-state index < -0.39 is 6.29 Å². The zero-order valence-corrected chi connectivity index (χ0v) is 11.5. The molecule has 1 rings (SSSR count). The first-order valence-corrected chi connectivity index (χ1v) is 6.54. The fourth-order valence-electron chi connectivity index (χ4n) is 1.65. The van der Waals surface area contributed by atoms with Gasteiger partial charge in [0, 0.05) is 23.4 Å². The topological polar surface area (TPSA) is 29.5 Å². The maximum Gasteiger partial charge on any atom is 0.161 e. The molecule has 2 nitrogen and oxygen atoms in total. The first kappa shape index (κ1) is 14.0. The summed E-state index contributed by atoms with van der Waals surface area (Å²) < 4.78 is 6.02. The van der Waals surface area contributed by atoms with Crippen LogP contribution >= 0.6 is 27.5 Å². The molecule has 0 amide bonds. The van der Waals surface area contributed by atoms with Gasteiger partial charge in [-0.3, -0.25) is 0 Å². The van der Waals surface area contributed by atoms with Gasteiger partial charge in [0.05, 0.1) is 0 Å². The van der Waals surface area contributed by atoms with Gasteiger partial charge in [-0.25, -0.2) is 0 Å². The molecule has 1 N–H and O–H groups in total. The van der Waals surface area contributed by atoms with Crippen molar-refractivity contribution in [2.75, 3.05) is 13.0 Å². The number of aliphatic hydroxyl groups is 1. The van der Waals surface area contributed by atoms with Crippen LogP contribution in [0.25, 0.3) is 0 Å². The Bertz CT molecular complexity index is 302. The van der Waals surface area contributed by atoms with Crippen molar-refractivity contribution in [2.24, 2.45) is 0 Å². The predicted molar refractivity (Wildman–Crippen MR) is 69.9 cm³/mol. The molecule has 90 valence electrons. The van der Waals surface area contributed by atoms with Gasteiger partial charge in [0.25, 0.3) is 0 Å². The van der Waals surface area contributed by atoms with E-state index in [2.05, 4.69) is 15.9 Å². The standard InChI is InChI=1S/C12H16BrClO2/c1-16-12(15)11(3-2-8-14)9-4-6-10(13)7-5-9/h4-7,11-12,15H,2-3,8H2,1H3. The second kappa shape index (κ2) is 7.28. The third kappa shape index (κ3) is 4.06. The molecule has 0 bridgehead atoms. The minimum atomic E-state index is -0.774. The van der Waals surface area contributed by atoms with Gasteiger partial charge in [0.2, 0.25) is 0 Å². The van der Waals surface area contributed by atoms with E-state index in [1.165, 1.54) is 7.11 Å². The number of alkyl halides is 1. The van der Waals surface area contributed by atoms with Crippen molar-refractivity contribution < 1.29 is 9.84 Å². The molecule has 1 aromatic rings. The second-order valence-electron chi connectivity index (χ2n) is 3.62. The van der Waals surface area contributed by atoms with Crippen LogP contribution in [-0.2, 0) is 4.74 Å². The Morgan fingerprint density at radius 2 is 2.00 bits per heavy atom. The van der Waals surface area contributed by atoms with Crippen LogP contribution < -0.4 is 0 Å². The summed E-state index contributed by atoms with van der Waals surface area (Å²) in [5.74, 6) is 0.584. The zero-order valence-electron chi connectivity index (χ0n) is 9.20. The van der Waals surface area contributed by atoms with Gasteiger partial charge < -0.3 is 9.84 Å². The Balaban J connectivity index is 2.78. The molecule has 16 heavy (non-hydrogen) atoms. The smallest absolute Gasteiger partial charge is 0.161 e. The second-order valence-corrected chi connectivity index (χ2v) is 4.91. The molecule has 0 fully saturated rings. The van der Waals surface area contributed by atoms with Crippen molar-refractivity contribution in [3.8, 4) is 0 Å². The van der Waals surface area contributed by atoms with Crippen LogP contribution in [0.5, 0.6) is 0 Å². The van der Waals surface area contributed by atoms with Gasteiger partial charge in [-0.15, -0.1) is 11.6 Å². The highest BCUT2D eigenvalue weighted by Gasteiger charge is 2.20. The van der Waals surface area contributed by atoms with Gasteiger partial charge in [-0.1, -0.05) is 28.1 Å². The average Bonchev–Trinajstić information content (AvgIpc) is 2.31. The number of methoxy groups -OCH3 is 1. The Morgan fingerprint density at radius 3 is 2.50 bits per heavy atom. The van der Waals surface area contributed by atoms with E-state index in [-0.39, 0.29) is 5.92 Å². The number of aliphatic hydroxyl groups excluding tert-OH is 1. The normalized spacial score (nSPS) is 14.8. The summed E-state index contributed by atoms with van der Waals surface area (Å²) in [6, 6.07) is 7.91. The van der Waals surface area contributed by atoms with Gasteiger partial charge in [-0.05, 0) is 30.5 Å². The Hall–Kier alpha value is -0.0900.